The fourth-order valence-electron chi connectivity index (χ4n) is 5.20. The first-order valence-corrected chi connectivity index (χ1v) is 12.0. The highest BCUT2D eigenvalue weighted by Crippen LogP contribution is 2.32. The summed E-state index contributed by atoms with van der Waals surface area (Å²) in [4.78, 5) is 31.4. The van der Waals surface area contributed by atoms with Crippen molar-refractivity contribution in [1.82, 2.24) is 29.5 Å². The molecule has 9 nitrogen and oxygen atoms in total. The van der Waals surface area contributed by atoms with Crippen LogP contribution < -0.4 is 10.6 Å². The summed E-state index contributed by atoms with van der Waals surface area (Å²) in [6.45, 7) is 4.50. The van der Waals surface area contributed by atoms with Crippen molar-refractivity contribution < 1.29 is 4.79 Å². The molecule has 0 bridgehead atoms. The first-order valence-electron chi connectivity index (χ1n) is 12.0. The van der Waals surface area contributed by atoms with Gasteiger partial charge in [-0.2, -0.15) is 5.10 Å². The summed E-state index contributed by atoms with van der Waals surface area (Å²) in [5.74, 6) is 0.912. The van der Waals surface area contributed by atoms with Crippen molar-refractivity contribution in [3.05, 3.63) is 59.8 Å². The maximum atomic E-state index is 13.5. The summed E-state index contributed by atoms with van der Waals surface area (Å²) < 4.78 is 1.84. The number of pyridine rings is 2. The molecule has 2 aliphatic heterocycles. The maximum Gasteiger partial charge on any atom is 0.273 e. The van der Waals surface area contributed by atoms with Crippen LogP contribution in [-0.4, -0.2) is 61.0 Å². The van der Waals surface area contributed by atoms with Crippen LogP contribution in [0.15, 0.2) is 42.9 Å². The summed E-state index contributed by atoms with van der Waals surface area (Å²) in [6, 6.07) is 7.65. The van der Waals surface area contributed by atoms with E-state index in [2.05, 4.69) is 21.8 Å². The predicted molar refractivity (Wildman–Crippen MR) is 130 cm³/mol. The lowest BCUT2D eigenvalue weighted by Gasteiger charge is -2.34. The average Bonchev–Trinajstić information content (AvgIpc) is 3.48. The molecule has 2 N–H and O–H groups in total. The van der Waals surface area contributed by atoms with Crippen LogP contribution in [0, 0.1) is 6.92 Å². The Morgan fingerprint density at radius 1 is 1.12 bits per heavy atom. The Bertz CT molecular complexity index is 1380. The Labute approximate surface area is 197 Å². The Hall–Kier alpha value is -3.59. The second-order valence-electron chi connectivity index (χ2n) is 9.39. The van der Waals surface area contributed by atoms with Gasteiger partial charge in [-0.15, -0.1) is 0 Å². The second kappa shape index (κ2) is 8.32. The van der Waals surface area contributed by atoms with Crippen molar-refractivity contribution in [2.45, 2.75) is 44.7 Å². The van der Waals surface area contributed by atoms with E-state index in [1.807, 2.05) is 33.8 Å². The van der Waals surface area contributed by atoms with E-state index in [1.165, 1.54) is 0 Å². The van der Waals surface area contributed by atoms with Crippen LogP contribution in [0.25, 0.3) is 16.6 Å². The number of piperidine rings is 1. The number of amides is 1. The standard InChI is InChI=1S/C25H28N8O/c1-16-14-33-23(29-24(16)31-11-8-18(26)15-31)12-21(30-33)22-4-2-3-10-32(22)25(34)20-6-5-17-13-27-9-7-19(17)28-20/h5-7,9,12-14,18,22H,2-4,8,10-11,15,26H2,1H3/t18-,22-/m0/s1. The molecule has 4 aromatic heterocycles. The molecule has 2 aliphatic rings. The number of hydrogen-bond donors (Lipinski definition) is 1. The monoisotopic (exact) mass is 456 g/mol. The number of likely N-dealkylation sites (tertiary alicyclic amines) is 1. The number of carbonyl (C=O) groups excluding carboxylic acids is 1. The van der Waals surface area contributed by atoms with Gasteiger partial charge in [-0.25, -0.2) is 14.5 Å². The largest absolute Gasteiger partial charge is 0.355 e. The summed E-state index contributed by atoms with van der Waals surface area (Å²) in [5, 5.41) is 5.77. The van der Waals surface area contributed by atoms with Gasteiger partial charge in [-0.3, -0.25) is 9.78 Å². The third kappa shape index (κ3) is 3.66. The Kier molecular flexibility index (Phi) is 5.13. The molecule has 0 spiro atoms. The molecule has 0 saturated carbocycles. The van der Waals surface area contributed by atoms with Crippen molar-refractivity contribution in [3.63, 3.8) is 0 Å². The van der Waals surface area contributed by atoms with Crippen molar-refractivity contribution in [3.8, 4) is 0 Å². The number of nitrogens with zero attached hydrogens (tertiary/aromatic N) is 7. The highest BCUT2D eigenvalue weighted by atomic mass is 16.2. The zero-order valence-electron chi connectivity index (χ0n) is 19.3. The van der Waals surface area contributed by atoms with Crippen LogP contribution in [-0.2, 0) is 0 Å². The van der Waals surface area contributed by atoms with E-state index in [-0.39, 0.29) is 18.0 Å². The molecule has 4 aromatic rings. The zero-order valence-corrected chi connectivity index (χ0v) is 19.3. The van der Waals surface area contributed by atoms with E-state index < -0.39 is 0 Å². The minimum absolute atomic E-state index is 0.0589. The van der Waals surface area contributed by atoms with Gasteiger partial charge in [0.1, 0.15) is 11.5 Å². The molecular formula is C25H28N8O. The molecule has 2 atom stereocenters. The third-order valence-corrected chi connectivity index (χ3v) is 6.96. The zero-order chi connectivity index (χ0) is 23.2. The Balaban J connectivity index is 1.33. The minimum Gasteiger partial charge on any atom is -0.355 e. The van der Waals surface area contributed by atoms with Crippen molar-refractivity contribution in [2.75, 3.05) is 24.5 Å². The maximum absolute atomic E-state index is 13.5. The molecule has 9 heteroatoms. The van der Waals surface area contributed by atoms with Gasteiger partial charge < -0.3 is 15.5 Å². The van der Waals surface area contributed by atoms with Gasteiger partial charge in [-0.05, 0) is 50.8 Å². The molecule has 0 aromatic carbocycles. The molecule has 0 unspecified atom stereocenters. The van der Waals surface area contributed by atoms with Crippen LogP contribution in [0.3, 0.4) is 0 Å². The number of hydrogen-bond acceptors (Lipinski definition) is 7. The molecule has 0 radical (unpaired) electrons. The van der Waals surface area contributed by atoms with Crippen LogP contribution in [0.5, 0.6) is 0 Å². The van der Waals surface area contributed by atoms with Gasteiger partial charge in [0.15, 0.2) is 5.65 Å². The molecule has 1 amide bonds. The summed E-state index contributed by atoms with van der Waals surface area (Å²) in [7, 11) is 0. The Morgan fingerprint density at radius 3 is 2.88 bits per heavy atom. The smallest absolute Gasteiger partial charge is 0.273 e. The van der Waals surface area contributed by atoms with E-state index in [4.69, 9.17) is 15.8 Å². The normalized spacial score (nSPS) is 21.0. The lowest BCUT2D eigenvalue weighted by atomic mass is 9.99. The minimum atomic E-state index is -0.0955. The van der Waals surface area contributed by atoms with Crippen molar-refractivity contribution in [1.29, 1.82) is 0 Å². The summed E-state index contributed by atoms with van der Waals surface area (Å²) >= 11 is 0. The summed E-state index contributed by atoms with van der Waals surface area (Å²) in [5.41, 5.74) is 10.1. The van der Waals surface area contributed by atoms with Crippen LogP contribution in [0.4, 0.5) is 5.82 Å². The number of carbonyl (C=O) groups is 1. The fourth-order valence-corrected chi connectivity index (χ4v) is 5.20. The van der Waals surface area contributed by atoms with Crippen LogP contribution >= 0.6 is 0 Å². The van der Waals surface area contributed by atoms with Gasteiger partial charge >= 0.3 is 0 Å². The second-order valence-corrected chi connectivity index (χ2v) is 9.39. The van der Waals surface area contributed by atoms with Gasteiger partial charge in [0.05, 0.1) is 17.3 Å². The molecule has 6 rings (SSSR count). The first kappa shape index (κ1) is 21.0. The molecule has 2 saturated heterocycles. The van der Waals surface area contributed by atoms with E-state index in [0.29, 0.717) is 12.2 Å². The lowest BCUT2D eigenvalue weighted by molar-refractivity contribution is 0.0600. The quantitative estimate of drug-likeness (QED) is 0.505. The first-order chi connectivity index (χ1) is 16.6. The van der Waals surface area contributed by atoms with Crippen molar-refractivity contribution >= 4 is 28.3 Å². The molecule has 0 aliphatic carbocycles. The highest BCUT2D eigenvalue weighted by molar-refractivity contribution is 5.95. The molecule has 34 heavy (non-hydrogen) atoms. The van der Waals surface area contributed by atoms with Gasteiger partial charge in [0.2, 0.25) is 0 Å². The highest BCUT2D eigenvalue weighted by Gasteiger charge is 2.32. The number of anilines is 1. The van der Waals surface area contributed by atoms with E-state index in [0.717, 1.165) is 72.4 Å². The van der Waals surface area contributed by atoms with Crippen LogP contribution in [0.1, 0.15) is 53.5 Å². The number of aromatic nitrogens is 5. The van der Waals surface area contributed by atoms with Crippen molar-refractivity contribution in [2.24, 2.45) is 5.73 Å². The van der Waals surface area contributed by atoms with E-state index in [1.54, 1.807) is 18.5 Å². The molecular weight excluding hydrogens is 428 g/mol. The van der Waals surface area contributed by atoms with Crippen LogP contribution in [0.2, 0.25) is 0 Å². The Morgan fingerprint density at radius 2 is 2.03 bits per heavy atom. The summed E-state index contributed by atoms with van der Waals surface area (Å²) in [6.07, 6.45) is 9.37. The third-order valence-electron chi connectivity index (χ3n) is 6.96. The molecule has 2 fully saturated rings. The fraction of sp³-hybridized carbons (Fsp3) is 0.400. The number of fused-ring (bicyclic) bond motifs is 2. The lowest BCUT2D eigenvalue weighted by Crippen LogP contribution is -2.39. The molecule has 6 heterocycles. The predicted octanol–water partition coefficient (Wildman–Crippen LogP) is 2.89. The SMILES string of the molecule is Cc1cn2nc([C@@H]3CCCCN3C(=O)c3ccc4cnccc4n3)cc2nc1N1CC[C@H](N)C1. The van der Waals surface area contributed by atoms with Gasteiger partial charge in [-0.1, -0.05) is 0 Å². The molecule has 174 valence electrons. The van der Waals surface area contributed by atoms with E-state index >= 15 is 0 Å². The van der Waals surface area contributed by atoms with Gasteiger partial charge in [0, 0.05) is 61.3 Å². The topological polar surface area (TPSA) is 106 Å². The number of nitrogens with two attached hydrogens (primary N) is 1. The number of rotatable bonds is 3. The average molecular weight is 457 g/mol. The van der Waals surface area contributed by atoms with Gasteiger partial charge in [0.25, 0.3) is 5.91 Å². The number of aryl methyl sites for hydroxylation is 1. The van der Waals surface area contributed by atoms with E-state index in [9.17, 15) is 4.79 Å².